The standard InChI is InChI=1S/C11H19N3O2/c1-14(2)7-6-10-12-11(16-13-10)8-4-3-5-9(8)15/h8-9,15H,3-7H2,1-2H3. The van der Waals surface area contributed by atoms with Crippen molar-refractivity contribution in [3.05, 3.63) is 11.7 Å². The molecule has 0 saturated heterocycles. The largest absolute Gasteiger partial charge is 0.392 e. The summed E-state index contributed by atoms with van der Waals surface area (Å²) in [5.74, 6) is 1.40. The second-order valence-corrected chi connectivity index (χ2v) is 4.71. The molecule has 1 aliphatic rings. The van der Waals surface area contributed by atoms with Crippen molar-refractivity contribution in [1.29, 1.82) is 0 Å². The van der Waals surface area contributed by atoms with Crippen molar-refractivity contribution in [1.82, 2.24) is 15.0 Å². The molecule has 0 bridgehead atoms. The Balaban J connectivity index is 1.96. The molecule has 1 N–H and O–H groups in total. The molecule has 0 amide bonds. The average Bonchev–Trinajstić information content (AvgIpc) is 2.83. The van der Waals surface area contributed by atoms with Crippen molar-refractivity contribution in [2.24, 2.45) is 0 Å². The molecule has 2 unspecified atom stereocenters. The minimum atomic E-state index is -0.304. The van der Waals surface area contributed by atoms with Crippen molar-refractivity contribution in [2.75, 3.05) is 20.6 Å². The molecule has 0 radical (unpaired) electrons. The Bertz CT molecular complexity index is 338. The number of aliphatic hydroxyl groups excluding tert-OH is 1. The van der Waals surface area contributed by atoms with Crippen LogP contribution in [-0.2, 0) is 6.42 Å². The fourth-order valence-electron chi connectivity index (χ4n) is 2.07. The van der Waals surface area contributed by atoms with E-state index in [1.807, 2.05) is 14.1 Å². The van der Waals surface area contributed by atoms with Crippen LogP contribution in [0.15, 0.2) is 4.52 Å². The normalized spacial score (nSPS) is 25.5. The number of hydrogen-bond donors (Lipinski definition) is 1. The second-order valence-electron chi connectivity index (χ2n) is 4.71. The topological polar surface area (TPSA) is 62.4 Å². The molecule has 0 spiro atoms. The zero-order chi connectivity index (χ0) is 11.5. The molecular weight excluding hydrogens is 206 g/mol. The van der Waals surface area contributed by atoms with E-state index in [2.05, 4.69) is 15.0 Å². The van der Waals surface area contributed by atoms with Gasteiger partial charge in [-0.15, -0.1) is 0 Å². The molecule has 1 aliphatic carbocycles. The smallest absolute Gasteiger partial charge is 0.232 e. The van der Waals surface area contributed by atoms with Crippen LogP contribution in [-0.4, -0.2) is 46.9 Å². The van der Waals surface area contributed by atoms with E-state index >= 15 is 0 Å². The zero-order valence-corrected chi connectivity index (χ0v) is 9.89. The van der Waals surface area contributed by atoms with E-state index < -0.39 is 0 Å². The lowest BCUT2D eigenvalue weighted by atomic mass is 10.1. The van der Waals surface area contributed by atoms with Gasteiger partial charge in [0.1, 0.15) is 0 Å². The summed E-state index contributed by atoms with van der Waals surface area (Å²) in [5.41, 5.74) is 0. The Labute approximate surface area is 95.4 Å². The van der Waals surface area contributed by atoms with Crippen LogP contribution in [0.25, 0.3) is 0 Å². The van der Waals surface area contributed by atoms with Crippen LogP contribution in [0.2, 0.25) is 0 Å². The molecule has 2 rings (SSSR count). The van der Waals surface area contributed by atoms with Crippen molar-refractivity contribution in [2.45, 2.75) is 37.7 Å². The van der Waals surface area contributed by atoms with Gasteiger partial charge in [0, 0.05) is 13.0 Å². The minimum Gasteiger partial charge on any atom is -0.392 e. The van der Waals surface area contributed by atoms with E-state index in [1.54, 1.807) is 0 Å². The van der Waals surface area contributed by atoms with Crippen molar-refractivity contribution < 1.29 is 9.63 Å². The maximum Gasteiger partial charge on any atom is 0.232 e. The van der Waals surface area contributed by atoms with Crippen LogP contribution in [0.4, 0.5) is 0 Å². The van der Waals surface area contributed by atoms with Crippen LogP contribution in [0, 0.1) is 0 Å². The fraction of sp³-hybridized carbons (Fsp3) is 0.818. The summed E-state index contributed by atoms with van der Waals surface area (Å²) in [6, 6.07) is 0. The summed E-state index contributed by atoms with van der Waals surface area (Å²) in [6.45, 7) is 0.909. The van der Waals surface area contributed by atoms with E-state index in [-0.39, 0.29) is 12.0 Å². The van der Waals surface area contributed by atoms with Gasteiger partial charge in [-0.25, -0.2) is 0 Å². The van der Waals surface area contributed by atoms with Crippen LogP contribution in [0.5, 0.6) is 0 Å². The van der Waals surface area contributed by atoms with Gasteiger partial charge in [-0.1, -0.05) is 5.16 Å². The number of hydrogen-bond acceptors (Lipinski definition) is 5. The lowest BCUT2D eigenvalue weighted by molar-refractivity contribution is 0.148. The molecule has 1 saturated carbocycles. The number of aromatic nitrogens is 2. The van der Waals surface area contributed by atoms with E-state index in [0.717, 1.165) is 38.1 Å². The maximum atomic E-state index is 9.73. The van der Waals surface area contributed by atoms with Crippen LogP contribution < -0.4 is 0 Å². The van der Waals surface area contributed by atoms with Gasteiger partial charge in [-0.3, -0.25) is 0 Å². The molecule has 1 aromatic heterocycles. The summed E-state index contributed by atoms with van der Waals surface area (Å²) in [4.78, 5) is 6.43. The Hall–Kier alpha value is -0.940. The summed E-state index contributed by atoms with van der Waals surface area (Å²) in [7, 11) is 4.03. The molecule has 0 aliphatic heterocycles. The lowest BCUT2D eigenvalue weighted by Gasteiger charge is -2.08. The van der Waals surface area contributed by atoms with Gasteiger partial charge in [0.2, 0.25) is 5.89 Å². The summed E-state index contributed by atoms with van der Waals surface area (Å²) >= 11 is 0. The fourth-order valence-corrected chi connectivity index (χ4v) is 2.07. The average molecular weight is 225 g/mol. The minimum absolute atomic E-state index is 0.0561. The first-order valence-electron chi connectivity index (χ1n) is 5.82. The van der Waals surface area contributed by atoms with Crippen molar-refractivity contribution in [3.63, 3.8) is 0 Å². The predicted octanol–water partition coefficient (Wildman–Crippen LogP) is 0.802. The number of nitrogens with zero attached hydrogens (tertiary/aromatic N) is 3. The van der Waals surface area contributed by atoms with E-state index in [9.17, 15) is 5.11 Å². The highest BCUT2D eigenvalue weighted by Gasteiger charge is 2.31. The summed E-state index contributed by atoms with van der Waals surface area (Å²) in [6.07, 6.45) is 3.33. The van der Waals surface area contributed by atoms with Crippen LogP contribution >= 0.6 is 0 Å². The molecule has 2 atom stereocenters. The number of likely N-dealkylation sites (N-methyl/N-ethyl adjacent to an activating group) is 1. The highest BCUT2D eigenvalue weighted by molar-refractivity contribution is 5.00. The molecule has 16 heavy (non-hydrogen) atoms. The molecule has 1 aromatic rings. The molecule has 5 nitrogen and oxygen atoms in total. The molecule has 0 aromatic carbocycles. The number of rotatable bonds is 4. The Morgan fingerprint density at radius 3 is 2.88 bits per heavy atom. The first-order chi connectivity index (χ1) is 7.66. The third-order valence-electron chi connectivity index (χ3n) is 3.06. The second kappa shape index (κ2) is 4.93. The molecule has 1 heterocycles. The Kier molecular flexibility index (Phi) is 3.56. The Morgan fingerprint density at radius 1 is 1.44 bits per heavy atom. The van der Waals surface area contributed by atoms with Crippen LogP contribution in [0.3, 0.4) is 0 Å². The molecular formula is C11H19N3O2. The maximum absolute atomic E-state index is 9.73. The predicted molar refractivity (Wildman–Crippen MR) is 59.2 cm³/mol. The highest BCUT2D eigenvalue weighted by atomic mass is 16.5. The van der Waals surface area contributed by atoms with Crippen molar-refractivity contribution >= 4 is 0 Å². The van der Waals surface area contributed by atoms with E-state index in [1.165, 1.54) is 0 Å². The van der Waals surface area contributed by atoms with Gasteiger partial charge in [-0.2, -0.15) is 4.98 Å². The quantitative estimate of drug-likeness (QED) is 0.821. The first kappa shape index (κ1) is 11.5. The molecule has 90 valence electrons. The van der Waals surface area contributed by atoms with Gasteiger partial charge >= 0.3 is 0 Å². The lowest BCUT2D eigenvalue weighted by Crippen LogP contribution is -2.16. The molecule has 5 heteroatoms. The van der Waals surface area contributed by atoms with Gasteiger partial charge < -0.3 is 14.5 Å². The molecule has 1 fully saturated rings. The SMILES string of the molecule is CN(C)CCc1noc(C2CCCC2O)n1. The monoisotopic (exact) mass is 225 g/mol. The first-order valence-corrected chi connectivity index (χ1v) is 5.82. The Morgan fingerprint density at radius 2 is 2.25 bits per heavy atom. The summed E-state index contributed by atoms with van der Waals surface area (Å²) in [5, 5.41) is 13.7. The van der Waals surface area contributed by atoms with Gasteiger partial charge in [0.05, 0.1) is 12.0 Å². The highest BCUT2D eigenvalue weighted by Crippen LogP contribution is 2.33. The van der Waals surface area contributed by atoms with E-state index in [0.29, 0.717) is 5.89 Å². The zero-order valence-electron chi connectivity index (χ0n) is 9.89. The summed E-state index contributed by atoms with van der Waals surface area (Å²) < 4.78 is 5.21. The van der Waals surface area contributed by atoms with E-state index in [4.69, 9.17) is 4.52 Å². The number of aliphatic hydroxyl groups is 1. The third-order valence-corrected chi connectivity index (χ3v) is 3.06. The van der Waals surface area contributed by atoms with Crippen molar-refractivity contribution in [3.8, 4) is 0 Å². The van der Waals surface area contributed by atoms with Crippen LogP contribution in [0.1, 0.15) is 36.9 Å². The third kappa shape index (κ3) is 2.59. The van der Waals surface area contributed by atoms with Gasteiger partial charge in [-0.05, 0) is 33.4 Å². The van der Waals surface area contributed by atoms with Gasteiger partial charge in [0.15, 0.2) is 5.82 Å². The van der Waals surface area contributed by atoms with Gasteiger partial charge in [0.25, 0.3) is 0 Å².